The number of halogens is 1. The predicted octanol–water partition coefficient (Wildman–Crippen LogP) is 2.76. The number of hydrogen-bond acceptors (Lipinski definition) is 3. The van der Waals surface area contributed by atoms with Gasteiger partial charge in [-0.1, -0.05) is 30.3 Å². The largest absolute Gasteiger partial charge is 0.374 e. The standard InChI is InChI=1S/C22H21FN2O3/c1-24-20-8-3-2-7-18(20)19(13-21(24)26)22(27)25-9-10-28-17(14-25)12-15-5-4-6-16(23)11-15/h2-8,11,13,17H,9-10,12,14H2,1H3. The summed E-state index contributed by atoms with van der Waals surface area (Å²) in [6.45, 7) is 1.27. The molecule has 1 aliphatic heterocycles. The maximum Gasteiger partial charge on any atom is 0.254 e. The lowest BCUT2D eigenvalue weighted by Gasteiger charge is -2.33. The Kier molecular flexibility index (Phi) is 4.96. The predicted molar refractivity (Wildman–Crippen MR) is 105 cm³/mol. The minimum absolute atomic E-state index is 0.179. The van der Waals surface area contributed by atoms with Crippen LogP contribution in [0.5, 0.6) is 0 Å². The maximum atomic E-state index is 13.4. The minimum Gasteiger partial charge on any atom is -0.374 e. The van der Waals surface area contributed by atoms with E-state index in [0.29, 0.717) is 31.7 Å². The van der Waals surface area contributed by atoms with Crippen LogP contribution in [0.4, 0.5) is 4.39 Å². The number of amides is 1. The fourth-order valence-corrected chi connectivity index (χ4v) is 3.71. The van der Waals surface area contributed by atoms with Gasteiger partial charge in [-0.2, -0.15) is 0 Å². The molecule has 0 radical (unpaired) electrons. The van der Waals surface area contributed by atoms with Gasteiger partial charge in [0, 0.05) is 38.0 Å². The Balaban J connectivity index is 1.59. The van der Waals surface area contributed by atoms with Gasteiger partial charge in [-0.05, 0) is 23.8 Å². The molecule has 1 aliphatic rings. The van der Waals surface area contributed by atoms with Crippen molar-refractivity contribution >= 4 is 16.8 Å². The number of hydrogen-bond donors (Lipinski definition) is 0. The Bertz CT molecular complexity index is 1090. The number of ether oxygens (including phenoxy) is 1. The number of benzene rings is 2. The van der Waals surface area contributed by atoms with Gasteiger partial charge in [-0.3, -0.25) is 9.59 Å². The van der Waals surface area contributed by atoms with Crippen LogP contribution in [0.15, 0.2) is 59.4 Å². The number of para-hydroxylation sites is 1. The molecule has 2 aromatic carbocycles. The number of aryl methyl sites for hydroxylation is 1. The van der Waals surface area contributed by atoms with E-state index in [1.165, 1.54) is 22.8 Å². The third-order valence-corrected chi connectivity index (χ3v) is 5.16. The third kappa shape index (κ3) is 3.55. The molecule has 0 aliphatic carbocycles. The summed E-state index contributed by atoms with van der Waals surface area (Å²) in [5, 5.41) is 0.753. The highest BCUT2D eigenvalue weighted by molar-refractivity contribution is 6.06. The fourth-order valence-electron chi connectivity index (χ4n) is 3.71. The Morgan fingerprint density at radius 2 is 2.00 bits per heavy atom. The van der Waals surface area contributed by atoms with Gasteiger partial charge in [0.05, 0.1) is 23.8 Å². The molecule has 3 aromatic rings. The molecule has 1 fully saturated rings. The van der Waals surface area contributed by atoms with Gasteiger partial charge in [0.25, 0.3) is 11.5 Å². The van der Waals surface area contributed by atoms with Gasteiger partial charge in [0.15, 0.2) is 0 Å². The smallest absolute Gasteiger partial charge is 0.254 e. The van der Waals surface area contributed by atoms with Gasteiger partial charge in [-0.25, -0.2) is 4.39 Å². The van der Waals surface area contributed by atoms with Gasteiger partial charge >= 0.3 is 0 Å². The number of morpholine rings is 1. The quantitative estimate of drug-likeness (QED) is 0.702. The van der Waals surface area contributed by atoms with Crippen LogP contribution in [0, 0.1) is 5.82 Å². The van der Waals surface area contributed by atoms with E-state index in [4.69, 9.17) is 4.74 Å². The molecule has 0 bridgehead atoms. The summed E-state index contributed by atoms with van der Waals surface area (Å²) in [6.07, 6.45) is 0.316. The lowest BCUT2D eigenvalue weighted by Crippen LogP contribution is -2.46. The molecule has 0 N–H and O–H groups in total. The summed E-state index contributed by atoms with van der Waals surface area (Å²) in [5.74, 6) is -0.464. The molecule has 1 amide bonds. The second-order valence-electron chi connectivity index (χ2n) is 7.05. The first-order valence-corrected chi connectivity index (χ1v) is 9.27. The van der Waals surface area contributed by atoms with Crippen molar-refractivity contribution in [2.75, 3.05) is 19.7 Å². The van der Waals surface area contributed by atoms with Crippen molar-refractivity contribution in [3.05, 3.63) is 81.9 Å². The SMILES string of the molecule is Cn1c(=O)cc(C(=O)N2CCOC(Cc3cccc(F)c3)C2)c2ccccc21. The molecule has 144 valence electrons. The Labute approximate surface area is 162 Å². The lowest BCUT2D eigenvalue weighted by molar-refractivity contribution is -0.0207. The molecule has 6 heteroatoms. The average molecular weight is 380 g/mol. The van der Waals surface area contributed by atoms with Gasteiger partial charge in [-0.15, -0.1) is 0 Å². The zero-order chi connectivity index (χ0) is 19.7. The molecule has 1 unspecified atom stereocenters. The Morgan fingerprint density at radius 1 is 1.18 bits per heavy atom. The van der Waals surface area contributed by atoms with Crippen LogP contribution in [-0.2, 0) is 18.2 Å². The highest BCUT2D eigenvalue weighted by Crippen LogP contribution is 2.20. The van der Waals surface area contributed by atoms with Crippen LogP contribution in [0.25, 0.3) is 10.9 Å². The maximum absolute atomic E-state index is 13.4. The van der Waals surface area contributed by atoms with Crippen LogP contribution in [-0.4, -0.2) is 41.2 Å². The van der Waals surface area contributed by atoms with Gasteiger partial charge in [0.1, 0.15) is 5.82 Å². The van der Waals surface area contributed by atoms with Gasteiger partial charge < -0.3 is 14.2 Å². The number of nitrogens with zero attached hydrogens (tertiary/aromatic N) is 2. The molecule has 1 aromatic heterocycles. The van der Waals surface area contributed by atoms with E-state index in [9.17, 15) is 14.0 Å². The van der Waals surface area contributed by atoms with E-state index in [1.807, 2.05) is 30.3 Å². The van der Waals surface area contributed by atoms with Crippen LogP contribution in [0.1, 0.15) is 15.9 Å². The van der Waals surface area contributed by atoms with Crippen LogP contribution in [0.3, 0.4) is 0 Å². The number of pyridine rings is 1. The van der Waals surface area contributed by atoms with E-state index in [-0.39, 0.29) is 23.4 Å². The minimum atomic E-state index is -0.284. The molecule has 0 saturated carbocycles. The number of rotatable bonds is 3. The highest BCUT2D eigenvalue weighted by Gasteiger charge is 2.27. The van der Waals surface area contributed by atoms with Crippen molar-refractivity contribution in [2.45, 2.75) is 12.5 Å². The summed E-state index contributed by atoms with van der Waals surface area (Å²) in [7, 11) is 1.70. The molecular weight excluding hydrogens is 359 g/mol. The lowest BCUT2D eigenvalue weighted by atomic mass is 10.0. The molecule has 4 rings (SSSR count). The average Bonchev–Trinajstić information content (AvgIpc) is 2.70. The Hall–Kier alpha value is -2.99. The van der Waals surface area contributed by atoms with Crippen LogP contribution >= 0.6 is 0 Å². The molecule has 1 atom stereocenters. The van der Waals surface area contributed by atoms with E-state index in [1.54, 1.807) is 18.0 Å². The molecule has 1 saturated heterocycles. The van der Waals surface area contributed by atoms with Crippen molar-refractivity contribution in [1.82, 2.24) is 9.47 Å². The molecule has 5 nitrogen and oxygen atoms in total. The second kappa shape index (κ2) is 7.56. The molecule has 28 heavy (non-hydrogen) atoms. The summed E-state index contributed by atoms with van der Waals surface area (Å²) >= 11 is 0. The number of fused-ring (bicyclic) bond motifs is 1. The third-order valence-electron chi connectivity index (χ3n) is 5.16. The fraction of sp³-hybridized carbons (Fsp3) is 0.273. The first-order chi connectivity index (χ1) is 13.5. The normalized spacial score (nSPS) is 17.1. The molecular formula is C22H21FN2O3. The topological polar surface area (TPSA) is 51.5 Å². The highest BCUT2D eigenvalue weighted by atomic mass is 19.1. The number of carbonyl (C=O) groups is 1. The summed E-state index contributed by atoms with van der Waals surface area (Å²) < 4.78 is 20.8. The van der Waals surface area contributed by atoms with E-state index >= 15 is 0 Å². The monoisotopic (exact) mass is 380 g/mol. The Morgan fingerprint density at radius 3 is 2.82 bits per heavy atom. The zero-order valence-electron chi connectivity index (χ0n) is 15.6. The molecule has 2 heterocycles. The summed E-state index contributed by atoms with van der Waals surface area (Å²) in [4.78, 5) is 27.2. The second-order valence-corrected chi connectivity index (χ2v) is 7.05. The first-order valence-electron chi connectivity index (χ1n) is 9.27. The van der Waals surface area contributed by atoms with Crippen molar-refractivity contribution in [3.8, 4) is 0 Å². The van der Waals surface area contributed by atoms with E-state index in [2.05, 4.69) is 0 Å². The summed E-state index contributed by atoms with van der Waals surface area (Å²) in [5.41, 5.74) is 1.75. The van der Waals surface area contributed by atoms with E-state index < -0.39 is 0 Å². The van der Waals surface area contributed by atoms with E-state index in [0.717, 1.165) is 16.5 Å². The van der Waals surface area contributed by atoms with Crippen LogP contribution in [0.2, 0.25) is 0 Å². The first kappa shape index (κ1) is 18.4. The van der Waals surface area contributed by atoms with Crippen LogP contribution < -0.4 is 5.56 Å². The van der Waals surface area contributed by atoms with Crippen molar-refractivity contribution in [2.24, 2.45) is 7.05 Å². The molecule has 0 spiro atoms. The van der Waals surface area contributed by atoms with Gasteiger partial charge in [0.2, 0.25) is 0 Å². The van der Waals surface area contributed by atoms with Crippen molar-refractivity contribution in [3.63, 3.8) is 0 Å². The zero-order valence-corrected chi connectivity index (χ0v) is 15.6. The summed E-state index contributed by atoms with van der Waals surface area (Å²) in [6, 6.07) is 15.2. The van der Waals surface area contributed by atoms with Crippen molar-refractivity contribution < 1.29 is 13.9 Å². The van der Waals surface area contributed by atoms with Crippen molar-refractivity contribution in [1.29, 1.82) is 0 Å². The number of carbonyl (C=O) groups excluding carboxylic acids is 1. The number of aromatic nitrogens is 1.